The van der Waals surface area contributed by atoms with Crippen molar-refractivity contribution in [3.63, 3.8) is 0 Å². The summed E-state index contributed by atoms with van der Waals surface area (Å²) in [5.41, 5.74) is 1.22. The topological polar surface area (TPSA) is 71.1 Å². The number of aromatic nitrogens is 1. The number of hydrogen-bond acceptors (Lipinski definition) is 3. The number of anilines is 1. The molecule has 0 radical (unpaired) electrons. The summed E-state index contributed by atoms with van der Waals surface area (Å²) in [5.74, 6) is -1.48. The summed E-state index contributed by atoms with van der Waals surface area (Å²) in [6.45, 7) is 0. The van der Waals surface area contributed by atoms with Gasteiger partial charge in [-0.2, -0.15) is 4.39 Å². The molecule has 0 saturated heterocycles. The van der Waals surface area contributed by atoms with Gasteiger partial charge in [-0.3, -0.25) is 9.59 Å². The summed E-state index contributed by atoms with van der Waals surface area (Å²) in [7, 11) is 1.57. The normalized spacial score (nSPS) is 10.0. The minimum Gasteiger partial charge on any atom is -0.359 e. The molecular weight excluding hydrogens is 273 g/mol. The van der Waals surface area contributed by atoms with Gasteiger partial charge >= 0.3 is 0 Å². The minimum atomic E-state index is -0.814. The fourth-order valence-electron chi connectivity index (χ4n) is 1.73. The van der Waals surface area contributed by atoms with Crippen molar-refractivity contribution in [3.8, 4) is 0 Å². The van der Waals surface area contributed by atoms with Crippen molar-refractivity contribution < 1.29 is 14.0 Å². The molecule has 0 aliphatic heterocycles. The van der Waals surface area contributed by atoms with Gasteiger partial charge in [-0.25, -0.2) is 4.98 Å². The third-order valence-corrected chi connectivity index (χ3v) is 2.86. The van der Waals surface area contributed by atoms with Crippen LogP contribution in [0.1, 0.15) is 15.9 Å². The summed E-state index contributed by atoms with van der Waals surface area (Å²) < 4.78 is 13.4. The second-order valence-corrected chi connectivity index (χ2v) is 4.34. The fraction of sp³-hybridized carbons (Fsp3) is 0.133. The zero-order valence-corrected chi connectivity index (χ0v) is 11.4. The molecule has 108 valence electrons. The van der Waals surface area contributed by atoms with Gasteiger partial charge in [0.05, 0.1) is 12.0 Å². The molecule has 2 rings (SSSR count). The minimum absolute atomic E-state index is 0.0933. The van der Waals surface area contributed by atoms with E-state index in [0.29, 0.717) is 5.69 Å². The molecule has 0 atom stereocenters. The summed E-state index contributed by atoms with van der Waals surface area (Å²) in [6, 6.07) is 9.62. The Morgan fingerprint density at radius 2 is 1.90 bits per heavy atom. The van der Waals surface area contributed by atoms with E-state index in [0.717, 1.165) is 5.56 Å². The van der Waals surface area contributed by atoms with Gasteiger partial charge in [0.1, 0.15) is 0 Å². The van der Waals surface area contributed by atoms with Crippen LogP contribution in [0.15, 0.2) is 42.6 Å². The lowest BCUT2D eigenvalue weighted by molar-refractivity contribution is -0.119. The number of hydrogen-bond donors (Lipinski definition) is 2. The number of carbonyl (C=O) groups is 2. The fourth-order valence-corrected chi connectivity index (χ4v) is 1.73. The summed E-state index contributed by atoms with van der Waals surface area (Å²) in [5, 5.41) is 5.10. The molecule has 0 spiro atoms. The van der Waals surface area contributed by atoms with Crippen molar-refractivity contribution in [2.75, 3.05) is 12.4 Å². The Labute approximate surface area is 121 Å². The lowest BCUT2D eigenvalue weighted by Crippen LogP contribution is -2.20. The largest absolute Gasteiger partial charge is 0.359 e. The maximum Gasteiger partial charge on any atom is 0.260 e. The first-order chi connectivity index (χ1) is 10.1. The van der Waals surface area contributed by atoms with Crippen LogP contribution in [0.4, 0.5) is 10.1 Å². The average molecular weight is 287 g/mol. The van der Waals surface area contributed by atoms with Gasteiger partial charge in [-0.05, 0) is 29.8 Å². The quantitative estimate of drug-likeness (QED) is 0.842. The number of rotatable bonds is 4. The molecular formula is C15H14FN3O2. The highest BCUT2D eigenvalue weighted by Gasteiger charge is 2.12. The van der Waals surface area contributed by atoms with Crippen molar-refractivity contribution >= 4 is 17.5 Å². The van der Waals surface area contributed by atoms with E-state index < -0.39 is 11.9 Å². The first kappa shape index (κ1) is 14.6. The average Bonchev–Trinajstić information content (AvgIpc) is 2.49. The highest BCUT2D eigenvalue weighted by atomic mass is 19.1. The molecule has 0 bridgehead atoms. The zero-order valence-electron chi connectivity index (χ0n) is 11.4. The number of halogens is 1. The summed E-state index contributed by atoms with van der Waals surface area (Å²) in [4.78, 5) is 26.6. The third kappa shape index (κ3) is 3.85. The van der Waals surface area contributed by atoms with Crippen LogP contribution in [0, 0.1) is 5.95 Å². The van der Waals surface area contributed by atoms with Crippen molar-refractivity contribution in [3.05, 3.63) is 59.7 Å². The van der Waals surface area contributed by atoms with Crippen molar-refractivity contribution in [1.82, 2.24) is 10.3 Å². The molecule has 2 amide bonds. The Morgan fingerprint density at radius 3 is 2.52 bits per heavy atom. The van der Waals surface area contributed by atoms with Gasteiger partial charge in [-0.1, -0.05) is 12.1 Å². The van der Waals surface area contributed by atoms with Gasteiger partial charge in [0.15, 0.2) is 0 Å². The first-order valence-electron chi connectivity index (χ1n) is 6.31. The van der Waals surface area contributed by atoms with Crippen LogP contribution in [0.5, 0.6) is 0 Å². The molecule has 1 aromatic heterocycles. The number of nitrogens with zero attached hydrogens (tertiary/aromatic N) is 1. The summed E-state index contributed by atoms with van der Waals surface area (Å²) in [6.07, 6.45) is 1.54. The number of likely N-dealkylation sites (N-methyl/N-ethyl adjacent to an activating group) is 1. The molecule has 5 nitrogen and oxygen atoms in total. The first-order valence-corrected chi connectivity index (χ1v) is 6.31. The van der Waals surface area contributed by atoms with Crippen LogP contribution in [0.3, 0.4) is 0 Å². The highest BCUT2D eigenvalue weighted by molar-refractivity contribution is 6.04. The predicted octanol–water partition coefficient (Wildman–Crippen LogP) is 1.76. The number of amides is 2. The maximum atomic E-state index is 13.4. The van der Waals surface area contributed by atoms with Crippen LogP contribution < -0.4 is 10.6 Å². The van der Waals surface area contributed by atoms with Crippen LogP contribution >= 0.6 is 0 Å². The number of carbonyl (C=O) groups excluding carboxylic acids is 2. The van der Waals surface area contributed by atoms with Crippen molar-refractivity contribution in [2.24, 2.45) is 0 Å². The standard InChI is InChI=1S/C15H14FN3O2/c1-17-13(20)9-10-4-6-11(7-5-10)19-15(21)12-3-2-8-18-14(12)16/h2-8H,9H2,1H3,(H,17,20)(H,19,21). The Morgan fingerprint density at radius 1 is 1.19 bits per heavy atom. The van der Waals surface area contributed by atoms with Gasteiger partial charge in [0.25, 0.3) is 5.91 Å². The van der Waals surface area contributed by atoms with E-state index >= 15 is 0 Å². The molecule has 1 heterocycles. The lowest BCUT2D eigenvalue weighted by Gasteiger charge is -2.07. The monoisotopic (exact) mass is 287 g/mol. The van der Waals surface area contributed by atoms with Gasteiger partial charge in [-0.15, -0.1) is 0 Å². The van der Waals surface area contributed by atoms with E-state index in [2.05, 4.69) is 15.6 Å². The van der Waals surface area contributed by atoms with Gasteiger partial charge in [0, 0.05) is 18.9 Å². The van der Waals surface area contributed by atoms with Crippen LogP contribution in [-0.2, 0) is 11.2 Å². The smallest absolute Gasteiger partial charge is 0.260 e. The van der Waals surface area contributed by atoms with E-state index in [1.54, 1.807) is 31.3 Å². The maximum absolute atomic E-state index is 13.4. The molecule has 21 heavy (non-hydrogen) atoms. The molecule has 0 saturated carbocycles. The van der Waals surface area contributed by atoms with E-state index in [1.165, 1.54) is 18.3 Å². The number of pyridine rings is 1. The SMILES string of the molecule is CNC(=O)Cc1ccc(NC(=O)c2cccnc2F)cc1. The van der Waals surface area contributed by atoms with Crippen LogP contribution in [-0.4, -0.2) is 23.8 Å². The molecule has 0 fully saturated rings. The Kier molecular flexibility index (Phi) is 4.61. The predicted molar refractivity (Wildman–Crippen MR) is 76.4 cm³/mol. The molecule has 0 aliphatic carbocycles. The van der Waals surface area contributed by atoms with Gasteiger partial charge < -0.3 is 10.6 Å². The second-order valence-electron chi connectivity index (χ2n) is 4.34. The molecule has 6 heteroatoms. The number of nitrogens with one attached hydrogen (secondary N) is 2. The van der Waals surface area contributed by atoms with Crippen molar-refractivity contribution in [1.29, 1.82) is 0 Å². The number of benzene rings is 1. The van der Waals surface area contributed by atoms with E-state index in [1.807, 2.05) is 0 Å². The second kappa shape index (κ2) is 6.60. The Balaban J connectivity index is 2.05. The van der Waals surface area contributed by atoms with E-state index in [9.17, 15) is 14.0 Å². The molecule has 2 N–H and O–H groups in total. The molecule has 0 unspecified atom stereocenters. The van der Waals surface area contributed by atoms with E-state index in [-0.39, 0.29) is 17.9 Å². The van der Waals surface area contributed by atoms with Crippen LogP contribution in [0.25, 0.3) is 0 Å². The molecule has 0 aliphatic rings. The summed E-state index contributed by atoms with van der Waals surface area (Å²) >= 11 is 0. The lowest BCUT2D eigenvalue weighted by atomic mass is 10.1. The third-order valence-electron chi connectivity index (χ3n) is 2.86. The molecule has 1 aromatic carbocycles. The van der Waals surface area contributed by atoms with Gasteiger partial charge in [0.2, 0.25) is 11.9 Å². The van der Waals surface area contributed by atoms with Crippen LogP contribution in [0.2, 0.25) is 0 Å². The van der Waals surface area contributed by atoms with Crippen molar-refractivity contribution in [2.45, 2.75) is 6.42 Å². The highest BCUT2D eigenvalue weighted by Crippen LogP contribution is 2.12. The Bertz CT molecular complexity index is 656. The van der Waals surface area contributed by atoms with E-state index in [4.69, 9.17) is 0 Å². The Hall–Kier alpha value is -2.76. The molecule has 2 aromatic rings. The zero-order chi connectivity index (χ0) is 15.2.